The van der Waals surface area contributed by atoms with Gasteiger partial charge in [0, 0.05) is 0 Å². The van der Waals surface area contributed by atoms with E-state index in [0.29, 0.717) is 12.0 Å². The van der Waals surface area contributed by atoms with Crippen molar-refractivity contribution in [3.05, 3.63) is 70.2 Å². The summed E-state index contributed by atoms with van der Waals surface area (Å²) >= 11 is 11.9. The van der Waals surface area contributed by atoms with Crippen LogP contribution in [0.4, 0.5) is 8.78 Å². The lowest BCUT2D eigenvalue weighted by atomic mass is 10.0. The molecule has 0 nitrogen and oxygen atoms in total. The van der Waals surface area contributed by atoms with Crippen molar-refractivity contribution in [2.75, 3.05) is 0 Å². The predicted molar refractivity (Wildman–Crippen MR) is 70.1 cm³/mol. The topological polar surface area (TPSA) is 0 Å². The van der Waals surface area contributed by atoms with E-state index in [-0.39, 0.29) is 16.2 Å². The van der Waals surface area contributed by atoms with Crippen molar-refractivity contribution in [2.45, 2.75) is 11.8 Å². The van der Waals surface area contributed by atoms with Crippen LogP contribution < -0.4 is 0 Å². The van der Waals surface area contributed by atoms with Crippen LogP contribution in [0.25, 0.3) is 0 Å². The fourth-order valence-electron chi connectivity index (χ4n) is 1.70. The highest BCUT2D eigenvalue weighted by Crippen LogP contribution is 2.28. The van der Waals surface area contributed by atoms with Crippen LogP contribution in [0.2, 0.25) is 5.02 Å². The minimum atomic E-state index is -0.477. The predicted octanol–water partition coefficient (Wildman–Crippen LogP) is 5.14. The van der Waals surface area contributed by atoms with Crippen LogP contribution in [0.15, 0.2) is 42.5 Å². The maximum Gasteiger partial charge on any atom is 0.141 e. The molecule has 4 heteroatoms. The average Bonchev–Trinajstić information content (AvgIpc) is 2.32. The molecule has 0 amide bonds. The molecule has 0 aliphatic heterocycles. The highest BCUT2D eigenvalue weighted by Gasteiger charge is 2.11. The van der Waals surface area contributed by atoms with E-state index in [1.807, 2.05) is 0 Å². The Morgan fingerprint density at radius 2 is 1.83 bits per heavy atom. The summed E-state index contributed by atoms with van der Waals surface area (Å²) < 4.78 is 26.0. The second-order valence-electron chi connectivity index (χ2n) is 3.98. The first-order chi connectivity index (χ1) is 8.56. The molecule has 2 rings (SSSR count). The number of halogens is 4. The summed E-state index contributed by atoms with van der Waals surface area (Å²) in [6.07, 6.45) is 0.460. The zero-order valence-corrected chi connectivity index (χ0v) is 10.8. The van der Waals surface area contributed by atoms with Crippen molar-refractivity contribution in [3.8, 4) is 0 Å². The molecule has 0 radical (unpaired) electrons. The molecule has 94 valence electrons. The van der Waals surface area contributed by atoms with Crippen molar-refractivity contribution in [3.63, 3.8) is 0 Å². The van der Waals surface area contributed by atoms with E-state index in [1.54, 1.807) is 18.2 Å². The van der Waals surface area contributed by atoms with Crippen LogP contribution >= 0.6 is 23.2 Å². The molecule has 0 aliphatic rings. The minimum Gasteiger partial charge on any atom is -0.207 e. The van der Waals surface area contributed by atoms with Gasteiger partial charge in [0.25, 0.3) is 0 Å². The molecular weight excluding hydrogens is 277 g/mol. The van der Waals surface area contributed by atoms with Gasteiger partial charge >= 0.3 is 0 Å². The SMILES string of the molecule is Fc1cccc(CC(Cl)c2ccc(F)c(Cl)c2)c1. The Morgan fingerprint density at radius 3 is 2.50 bits per heavy atom. The first kappa shape index (κ1) is 13.3. The van der Waals surface area contributed by atoms with E-state index in [2.05, 4.69) is 0 Å². The van der Waals surface area contributed by atoms with Crippen LogP contribution in [-0.4, -0.2) is 0 Å². The summed E-state index contributed by atoms with van der Waals surface area (Å²) in [5.74, 6) is -0.774. The Labute approximate surface area is 114 Å². The van der Waals surface area contributed by atoms with Gasteiger partial charge in [-0.15, -0.1) is 11.6 Å². The van der Waals surface area contributed by atoms with Crippen LogP contribution in [0.3, 0.4) is 0 Å². The Bertz CT molecular complexity index is 555. The molecule has 2 aromatic rings. The maximum atomic E-state index is 13.0. The van der Waals surface area contributed by atoms with Crippen molar-refractivity contribution in [1.82, 2.24) is 0 Å². The molecule has 18 heavy (non-hydrogen) atoms. The third kappa shape index (κ3) is 3.21. The Hall–Kier alpha value is -1.12. The molecule has 0 saturated carbocycles. The highest BCUT2D eigenvalue weighted by molar-refractivity contribution is 6.31. The molecule has 0 aromatic heterocycles. The largest absolute Gasteiger partial charge is 0.207 e. The van der Waals surface area contributed by atoms with Gasteiger partial charge in [0.2, 0.25) is 0 Å². The Kier molecular flexibility index (Phi) is 4.20. The fourth-order valence-corrected chi connectivity index (χ4v) is 2.20. The van der Waals surface area contributed by atoms with Gasteiger partial charge in [-0.1, -0.05) is 29.8 Å². The molecule has 1 atom stereocenters. The van der Waals surface area contributed by atoms with Crippen LogP contribution in [0, 0.1) is 11.6 Å². The van der Waals surface area contributed by atoms with Crippen LogP contribution in [0.1, 0.15) is 16.5 Å². The summed E-state index contributed by atoms with van der Waals surface area (Å²) in [6, 6.07) is 10.6. The van der Waals surface area contributed by atoms with Crippen molar-refractivity contribution >= 4 is 23.2 Å². The highest BCUT2D eigenvalue weighted by atomic mass is 35.5. The average molecular weight is 287 g/mol. The van der Waals surface area contributed by atoms with Gasteiger partial charge in [-0.2, -0.15) is 0 Å². The number of hydrogen-bond donors (Lipinski definition) is 0. The fraction of sp³-hybridized carbons (Fsp3) is 0.143. The first-order valence-electron chi connectivity index (χ1n) is 5.40. The standard InChI is InChI=1S/C14H10Cl2F2/c15-12(7-9-2-1-3-11(17)6-9)10-4-5-14(18)13(16)8-10/h1-6,8,12H,7H2. The van der Waals surface area contributed by atoms with Crippen molar-refractivity contribution in [2.24, 2.45) is 0 Å². The first-order valence-corrected chi connectivity index (χ1v) is 6.21. The normalized spacial score (nSPS) is 12.4. The molecule has 0 aliphatic carbocycles. The summed E-state index contributed by atoms with van der Waals surface area (Å²) in [7, 11) is 0. The summed E-state index contributed by atoms with van der Waals surface area (Å²) in [5.41, 5.74) is 1.50. The van der Waals surface area contributed by atoms with Gasteiger partial charge in [0.1, 0.15) is 11.6 Å². The van der Waals surface area contributed by atoms with Gasteiger partial charge in [-0.3, -0.25) is 0 Å². The molecule has 0 bridgehead atoms. The van der Waals surface area contributed by atoms with Crippen molar-refractivity contribution < 1.29 is 8.78 Å². The minimum absolute atomic E-state index is 0.0393. The number of hydrogen-bond acceptors (Lipinski definition) is 0. The second kappa shape index (κ2) is 5.68. The number of benzene rings is 2. The summed E-state index contributed by atoms with van der Waals surface area (Å²) in [4.78, 5) is 0. The van der Waals surface area contributed by atoms with E-state index in [9.17, 15) is 8.78 Å². The Morgan fingerprint density at radius 1 is 1.06 bits per heavy atom. The number of alkyl halides is 1. The maximum absolute atomic E-state index is 13.0. The smallest absolute Gasteiger partial charge is 0.141 e. The zero-order chi connectivity index (χ0) is 13.1. The van der Waals surface area contributed by atoms with E-state index in [1.165, 1.54) is 24.3 Å². The molecule has 0 heterocycles. The lowest BCUT2D eigenvalue weighted by Crippen LogP contribution is -1.97. The molecule has 0 spiro atoms. The quantitative estimate of drug-likeness (QED) is 0.685. The lowest BCUT2D eigenvalue weighted by Gasteiger charge is -2.10. The molecule has 0 saturated heterocycles. The lowest BCUT2D eigenvalue weighted by molar-refractivity contribution is 0.624. The summed E-state index contributed by atoms with van der Waals surface area (Å²) in [6.45, 7) is 0. The molecule has 0 fully saturated rings. The molecule has 1 unspecified atom stereocenters. The van der Waals surface area contributed by atoms with Crippen LogP contribution in [0.5, 0.6) is 0 Å². The molecule has 0 N–H and O–H groups in total. The molecular formula is C14H10Cl2F2. The van der Waals surface area contributed by atoms with Gasteiger partial charge in [-0.25, -0.2) is 8.78 Å². The van der Waals surface area contributed by atoms with Gasteiger partial charge in [0.05, 0.1) is 10.4 Å². The van der Waals surface area contributed by atoms with Gasteiger partial charge in [-0.05, 0) is 41.8 Å². The number of rotatable bonds is 3. The van der Waals surface area contributed by atoms with Gasteiger partial charge < -0.3 is 0 Å². The van der Waals surface area contributed by atoms with Crippen molar-refractivity contribution in [1.29, 1.82) is 0 Å². The Balaban J connectivity index is 2.16. The van der Waals surface area contributed by atoms with Gasteiger partial charge in [0.15, 0.2) is 0 Å². The monoisotopic (exact) mass is 286 g/mol. The van der Waals surface area contributed by atoms with Crippen LogP contribution in [-0.2, 0) is 6.42 Å². The third-order valence-corrected chi connectivity index (χ3v) is 3.31. The summed E-state index contributed by atoms with van der Waals surface area (Å²) in [5, 5.41) is -0.331. The van der Waals surface area contributed by atoms with E-state index >= 15 is 0 Å². The zero-order valence-electron chi connectivity index (χ0n) is 9.34. The second-order valence-corrected chi connectivity index (χ2v) is 4.91. The van der Waals surface area contributed by atoms with E-state index in [0.717, 1.165) is 5.56 Å². The van der Waals surface area contributed by atoms with E-state index in [4.69, 9.17) is 23.2 Å². The molecule has 2 aromatic carbocycles. The van der Waals surface area contributed by atoms with E-state index < -0.39 is 5.82 Å². The third-order valence-electron chi connectivity index (χ3n) is 2.61.